The molecular formula is C22H46N4O2. The maximum atomic E-state index is 12.2. The second-order valence-corrected chi connectivity index (χ2v) is 7.61. The number of nitrogens with one attached hydrogen (secondary N) is 1. The minimum absolute atomic E-state index is 0.0673. The molecule has 6 nitrogen and oxygen atoms in total. The van der Waals surface area contributed by atoms with E-state index in [0.29, 0.717) is 13.0 Å². The summed E-state index contributed by atoms with van der Waals surface area (Å²) in [5.41, 5.74) is 6.72. The molecule has 0 amide bonds. The number of unbranched alkanes of at least 4 members (excludes halogenated alkanes) is 5. The Morgan fingerprint density at radius 2 is 1.64 bits per heavy atom. The van der Waals surface area contributed by atoms with E-state index in [-0.39, 0.29) is 12.1 Å². The average molecular weight is 399 g/mol. The second kappa shape index (κ2) is 19.1. The van der Waals surface area contributed by atoms with Crippen LogP contribution in [0.4, 0.5) is 0 Å². The number of hydrogen-bond acceptors (Lipinski definition) is 6. The summed E-state index contributed by atoms with van der Waals surface area (Å²) in [7, 11) is 0. The third kappa shape index (κ3) is 16.9. The van der Waals surface area contributed by atoms with Crippen LogP contribution in [0.25, 0.3) is 0 Å². The smallest absolute Gasteiger partial charge is 0.306 e. The minimum Gasteiger partial charge on any atom is -0.462 e. The molecule has 0 saturated carbocycles. The van der Waals surface area contributed by atoms with Crippen LogP contribution in [0, 0.1) is 0 Å². The summed E-state index contributed by atoms with van der Waals surface area (Å²) in [6.07, 6.45) is 13.8. The lowest BCUT2D eigenvalue weighted by atomic mass is 10.0. The summed E-state index contributed by atoms with van der Waals surface area (Å²) in [4.78, 5) is 12.2. The number of nitrogens with zero attached hydrogens (tertiary/aromatic N) is 1. The molecule has 0 aliphatic rings. The fourth-order valence-electron chi connectivity index (χ4n) is 3.07. The Kier molecular flexibility index (Phi) is 18.2. The number of hydrogen-bond donors (Lipinski definition) is 3. The normalized spacial score (nSPS) is 11.8. The first-order valence-corrected chi connectivity index (χ1v) is 11.4. The molecule has 6 heteroatoms. The highest BCUT2D eigenvalue weighted by atomic mass is 16.5. The first-order valence-electron chi connectivity index (χ1n) is 11.4. The number of carbonyl (C=O) groups is 1. The monoisotopic (exact) mass is 398 g/mol. The molecule has 0 unspecified atom stereocenters. The molecule has 0 saturated heterocycles. The van der Waals surface area contributed by atoms with E-state index in [4.69, 9.17) is 16.3 Å². The number of nitrogens with two attached hydrogens (primary N) is 2. The van der Waals surface area contributed by atoms with Gasteiger partial charge in [-0.2, -0.15) is 0 Å². The maximum Gasteiger partial charge on any atom is 0.306 e. The molecule has 0 fully saturated rings. The van der Waals surface area contributed by atoms with Crippen molar-refractivity contribution in [3.8, 4) is 0 Å². The van der Waals surface area contributed by atoms with Gasteiger partial charge in [0.15, 0.2) is 0 Å². The molecule has 28 heavy (non-hydrogen) atoms. The summed E-state index contributed by atoms with van der Waals surface area (Å²) >= 11 is 0. The van der Waals surface area contributed by atoms with Gasteiger partial charge in [-0.1, -0.05) is 46.5 Å². The third-order valence-corrected chi connectivity index (χ3v) is 4.78. The van der Waals surface area contributed by atoms with Gasteiger partial charge in [-0.15, -0.1) is 0 Å². The van der Waals surface area contributed by atoms with Crippen molar-refractivity contribution in [3.63, 3.8) is 0 Å². The maximum absolute atomic E-state index is 12.2. The Morgan fingerprint density at radius 3 is 2.21 bits per heavy atom. The van der Waals surface area contributed by atoms with Gasteiger partial charge >= 0.3 is 5.97 Å². The van der Waals surface area contributed by atoms with Gasteiger partial charge in [0.2, 0.25) is 0 Å². The summed E-state index contributed by atoms with van der Waals surface area (Å²) in [5, 5.41) is 4.85. The Bertz CT molecular complexity index is 392. The number of rotatable bonds is 19. The van der Waals surface area contributed by atoms with Crippen molar-refractivity contribution in [2.45, 2.75) is 104 Å². The second-order valence-electron chi connectivity index (χ2n) is 7.61. The van der Waals surface area contributed by atoms with Crippen molar-refractivity contribution in [2.24, 2.45) is 11.6 Å². The average Bonchev–Trinajstić information content (AvgIpc) is 2.65. The molecule has 5 N–H and O–H groups in total. The van der Waals surface area contributed by atoms with Gasteiger partial charge in [-0.3, -0.25) is 4.79 Å². The van der Waals surface area contributed by atoms with Crippen molar-refractivity contribution in [1.29, 1.82) is 0 Å². The topological polar surface area (TPSA) is 93.6 Å². The summed E-state index contributed by atoms with van der Waals surface area (Å²) in [6, 6.07) is 0. The van der Waals surface area contributed by atoms with E-state index in [2.05, 4.69) is 26.1 Å². The predicted octanol–water partition coefficient (Wildman–Crippen LogP) is 4.20. The molecule has 166 valence electrons. The van der Waals surface area contributed by atoms with Crippen molar-refractivity contribution < 1.29 is 9.53 Å². The van der Waals surface area contributed by atoms with E-state index in [9.17, 15) is 4.79 Å². The summed E-state index contributed by atoms with van der Waals surface area (Å²) in [5.74, 6) is 5.89. The SMILES string of the molecule is CCCCCC(CCCCC)OC(=O)CCCCN(N)/C=C(\N)CCNCC. The fraction of sp³-hybridized carbons (Fsp3) is 0.864. The molecular weight excluding hydrogens is 352 g/mol. The van der Waals surface area contributed by atoms with Crippen molar-refractivity contribution >= 4 is 5.97 Å². The van der Waals surface area contributed by atoms with E-state index in [0.717, 1.165) is 63.7 Å². The highest BCUT2D eigenvalue weighted by molar-refractivity contribution is 5.69. The number of esters is 1. The molecule has 0 aromatic carbocycles. The Balaban J connectivity index is 4.03. The van der Waals surface area contributed by atoms with Gasteiger partial charge in [0.05, 0.1) is 0 Å². The van der Waals surface area contributed by atoms with E-state index in [1.807, 2.05) is 0 Å². The van der Waals surface area contributed by atoms with Crippen LogP contribution in [0.5, 0.6) is 0 Å². The van der Waals surface area contributed by atoms with Crippen molar-refractivity contribution in [2.75, 3.05) is 19.6 Å². The van der Waals surface area contributed by atoms with Gasteiger partial charge in [0.1, 0.15) is 6.10 Å². The summed E-state index contributed by atoms with van der Waals surface area (Å²) < 4.78 is 5.75. The largest absolute Gasteiger partial charge is 0.462 e. The molecule has 0 rings (SSSR count). The van der Waals surface area contributed by atoms with Crippen LogP contribution in [-0.4, -0.2) is 36.7 Å². The lowest BCUT2D eigenvalue weighted by Crippen LogP contribution is -2.28. The highest BCUT2D eigenvalue weighted by Crippen LogP contribution is 2.15. The van der Waals surface area contributed by atoms with E-state index >= 15 is 0 Å². The van der Waals surface area contributed by atoms with Gasteiger partial charge < -0.3 is 20.8 Å². The number of carbonyl (C=O) groups excluding carboxylic acids is 1. The number of ether oxygens (including phenoxy) is 1. The van der Waals surface area contributed by atoms with Gasteiger partial charge in [0, 0.05) is 37.8 Å². The Morgan fingerprint density at radius 1 is 1.00 bits per heavy atom. The molecule has 0 atom stereocenters. The third-order valence-electron chi connectivity index (χ3n) is 4.78. The molecule has 0 bridgehead atoms. The van der Waals surface area contributed by atoms with Crippen LogP contribution in [0.1, 0.15) is 97.8 Å². The standard InChI is InChI=1S/C22H46N4O2/c1-4-7-9-13-21(14-10-8-5-2)28-22(27)15-11-12-18-26(24)19-20(23)16-17-25-6-3/h19,21,25H,4-18,23-24H2,1-3H3/b20-19-. The van der Waals surface area contributed by atoms with Gasteiger partial charge in [-0.05, 0) is 45.1 Å². The zero-order valence-corrected chi connectivity index (χ0v) is 18.7. The molecule has 0 heterocycles. The zero-order chi connectivity index (χ0) is 21.0. The molecule has 0 aromatic heterocycles. The highest BCUT2D eigenvalue weighted by Gasteiger charge is 2.14. The lowest BCUT2D eigenvalue weighted by molar-refractivity contribution is -0.150. The number of hydrazine groups is 1. The van der Waals surface area contributed by atoms with Crippen LogP contribution in [0.2, 0.25) is 0 Å². The van der Waals surface area contributed by atoms with Crippen LogP contribution in [0.15, 0.2) is 11.9 Å². The van der Waals surface area contributed by atoms with E-state index < -0.39 is 0 Å². The quantitative estimate of drug-likeness (QED) is 0.131. The van der Waals surface area contributed by atoms with E-state index in [1.165, 1.54) is 25.7 Å². The lowest BCUT2D eigenvalue weighted by Gasteiger charge is -2.18. The molecule has 0 spiro atoms. The molecule has 0 aliphatic carbocycles. The van der Waals surface area contributed by atoms with Crippen molar-refractivity contribution in [1.82, 2.24) is 10.3 Å². The molecule has 0 aliphatic heterocycles. The predicted molar refractivity (Wildman–Crippen MR) is 118 cm³/mol. The Hall–Kier alpha value is -1.27. The molecule has 0 aromatic rings. The Labute approximate surface area is 173 Å². The van der Waals surface area contributed by atoms with Crippen molar-refractivity contribution in [3.05, 3.63) is 11.9 Å². The van der Waals surface area contributed by atoms with Crippen LogP contribution in [-0.2, 0) is 9.53 Å². The summed E-state index contributed by atoms with van der Waals surface area (Å²) in [6.45, 7) is 8.95. The van der Waals surface area contributed by atoms with E-state index in [1.54, 1.807) is 11.2 Å². The zero-order valence-electron chi connectivity index (χ0n) is 18.7. The fourth-order valence-corrected chi connectivity index (χ4v) is 3.07. The van der Waals surface area contributed by atoms with Crippen LogP contribution < -0.4 is 16.9 Å². The minimum atomic E-state index is -0.0673. The van der Waals surface area contributed by atoms with Crippen LogP contribution in [0.3, 0.4) is 0 Å². The van der Waals surface area contributed by atoms with Gasteiger partial charge in [0.25, 0.3) is 0 Å². The van der Waals surface area contributed by atoms with Gasteiger partial charge in [-0.25, -0.2) is 5.84 Å². The first-order chi connectivity index (χ1) is 13.5. The molecule has 0 radical (unpaired) electrons. The first kappa shape index (κ1) is 26.7. The van der Waals surface area contributed by atoms with Crippen LogP contribution >= 0.6 is 0 Å².